The number of aromatic nitrogens is 1. The van der Waals surface area contributed by atoms with Gasteiger partial charge in [0.2, 0.25) is 10.0 Å². The van der Waals surface area contributed by atoms with Crippen molar-refractivity contribution in [2.75, 3.05) is 18.2 Å². The number of anilines is 1. The predicted octanol–water partition coefficient (Wildman–Crippen LogP) is 1.53. The summed E-state index contributed by atoms with van der Waals surface area (Å²) in [5.74, 6) is 0. The summed E-state index contributed by atoms with van der Waals surface area (Å²) < 4.78 is 31.6. The molecular formula is C20H24BN3O6S. The van der Waals surface area contributed by atoms with Crippen LogP contribution in [-0.4, -0.2) is 44.0 Å². The van der Waals surface area contributed by atoms with Crippen molar-refractivity contribution in [1.82, 2.24) is 9.29 Å². The SMILES string of the molecule is CS(=O)(=O)NC(=O)Nc1c(-c2ccn(C3CCB(O)OC3)c(=O)c2)ccc2c1CCC2. The van der Waals surface area contributed by atoms with E-state index >= 15 is 0 Å². The van der Waals surface area contributed by atoms with Gasteiger partial charge in [0.1, 0.15) is 0 Å². The molecular weight excluding hydrogens is 421 g/mol. The van der Waals surface area contributed by atoms with Crippen molar-refractivity contribution in [3.8, 4) is 11.1 Å². The smallest absolute Gasteiger partial charge is 0.427 e. The first kappa shape index (κ1) is 21.6. The number of rotatable bonds is 4. The molecule has 1 saturated heterocycles. The zero-order valence-corrected chi connectivity index (χ0v) is 17.9. The highest BCUT2D eigenvalue weighted by molar-refractivity contribution is 7.89. The molecule has 3 N–H and O–H groups in total. The standard InChI is InChI=1S/C20H24BN3O6S/c1-31(28,29)23-20(26)22-19-16-4-2-3-13(16)5-6-17(19)14-8-10-24(18(25)11-14)15-7-9-21(27)30-12-15/h5-6,8,10-11,15,27H,2-4,7,9,12H2,1H3,(H2,22,23,26). The Balaban J connectivity index is 1.68. The highest BCUT2D eigenvalue weighted by atomic mass is 32.2. The van der Waals surface area contributed by atoms with E-state index in [2.05, 4.69) is 5.32 Å². The molecule has 1 unspecified atom stereocenters. The molecule has 2 aliphatic rings. The third-order valence-electron chi connectivity index (χ3n) is 5.68. The van der Waals surface area contributed by atoms with Gasteiger partial charge in [0.15, 0.2) is 0 Å². The first-order chi connectivity index (χ1) is 14.7. The third-order valence-corrected chi connectivity index (χ3v) is 6.24. The van der Waals surface area contributed by atoms with Gasteiger partial charge in [-0.05, 0) is 54.8 Å². The Morgan fingerprint density at radius 3 is 2.77 bits per heavy atom. The first-order valence-electron chi connectivity index (χ1n) is 10.2. The van der Waals surface area contributed by atoms with Gasteiger partial charge in [0, 0.05) is 17.8 Å². The number of pyridine rings is 1. The van der Waals surface area contributed by atoms with Gasteiger partial charge in [-0.3, -0.25) is 4.79 Å². The van der Waals surface area contributed by atoms with E-state index in [1.165, 1.54) is 6.07 Å². The average molecular weight is 445 g/mol. The minimum atomic E-state index is -3.71. The van der Waals surface area contributed by atoms with Crippen LogP contribution < -0.4 is 15.6 Å². The van der Waals surface area contributed by atoms with Crippen molar-refractivity contribution in [3.63, 3.8) is 0 Å². The number of hydrogen-bond acceptors (Lipinski definition) is 6. The van der Waals surface area contributed by atoms with Crippen LogP contribution in [0.4, 0.5) is 10.5 Å². The lowest BCUT2D eigenvalue weighted by atomic mass is 9.79. The Kier molecular flexibility index (Phi) is 5.91. The van der Waals surface area contributed by atoms with Crippen LogP contribution in [-0.2, 0) is 27.5 Å². The maximum absolute atomic E-state index is 12.8. The molecule has 1 aliphatic heterocycles. The first-order valence-corrected chi connectivity index (χ1v) is 12.1. The van der Waals surface area contributed by atoms with Crippen molar-refractivity contribution < 1.29 is 22.9 Å². The van der Waals surface area contributed by atoms with Gasteiger partial charge in [0.05, 0.1) is 24.6 Å². The largest absolute Gasteiger partial charge is 0.454 e. The summed E-state index contributed by atoms with van der Waals surface area (Å²) in [5, 5.41) is 12.2. The molecule has 1 fully saturated rings. The second kappa shape index (κ2) is 8.48. The molecule has 1 aromatic carbocycles. The number of carbonyl (C=O) groups excluding carboxylic acids is 1. The van der Waals surface area contributed by atoms with Gasteiger partial charge < -0.3 is 19.6 Å². The van der Waals surface area contributed by atoms with E-state index in [0.717, 1.165) is 36.6 Å². The molecule has 0 spiro atoms. The van der Waals surface area contributed by atoms with Crippen molar-refractivity contribution in [1.29, 1.82) is 0 Å². The van der Waals surface area contributed by atoms with E-state index in [1.54, 1.807) is 16.8 Å². The van der Waals surface area contributed by atoms with Crippen molar-refractivity contribution in [3.05, 3.63) is 51.9 Å². The zero-order valence-electron chi connectivity index (χ0n) is 17.1. The molecule has 9 nitrogen and oxygen atoms in total. The van der Waals surface area contributed by atoms with Gasteiger partial charge in [-0.2, -0.15) is 0 Å². The number of amides is 2. The molecule has 0 radical (unpaired) electrons. The zero-order chi connectivity index (χ0) is 22.2. The van der Waals surface area contributed by atoms with Crippen LogP contribution in [0.25, 0.3) is 11.1 Å². The van der Waals surface area contributed by atoms with Crippen LogP contribution in [0.15, 0.2) is 35.3 Å². The van der Waals surface area contributed by atoms with E-state index < -0.39 is 23.2 Å². The lowest BCUT2D eigenvalue weighted by Crippen LogP contribution is -2.35. The Morgan fingerprint density at radius 2 is 2.10 bits per heavy atom. The number of nitrogens with one attached hydrogen (secondary N) is 2. The normalized spacial score (nSPS) is 18.5. The average Bonchev–Trinajstić information content (AvgIpc) is 3.17. The number of sulfonamides is 1. The van der Waals surface area contributed by atoms with Gasteiger partial charge in [-0.25, -0.2) is 17.9 Å². The molecule has 0 saturated carbocycles. The van der Waals surface area contributed by atoms with E-state index in [-0.39, 0.29) is 18.2 Å². The van der Waals surface area contributed by atoms with Crippen LogP contribution in [0.3, 0.4) is 0 Å². The maximum atomic E-state index is 12.8. The number of aryl methyl sites for hydroxylation is 1. The molecule has 1 aromatic heterocycles. The second-order valence-corrected chi connectivity index (χ2v) is 9.74. The molecule has 2 amide bonds. The number of carbonyl (C=O) groups is 1. The third kappa shape index (κ3) is 4.84. The topological polar surface area (TPSA) is 127 Å². The summed E-state index contributed by atoms with van der Waals surface area (Å²) in [6.45, 7) is 0.262. The molecule has 0 bridgehead atoms. The van der Waals surface area contributed by atoms with Crippen LogP contribution in [0.1, 0.15) is 30.0 Å². The molecule has 2 aromatic rings. The Bertz CT molecular complexity index is 1170. The Hall–Kier alpha value is -2.63. The van der Waals surface area contributed by atoms with E-state index in [1.807, 2.05) is 16.9 Å². The number of nitrogens with zero attached hydrogens (tertiary/aromatic N) is 1. The van der Waals surface area contributed by atoms with Gasteiger partial charge in [0.25, 0.3) is 5.56 Å². The highest BCUT2D eigenvalue weighted by Crippen LogP contribution is 2.37. The van der Waals surface area contributed by atoms with Crippen molar-refractivity contribution >= 4 is 28.9 Å². The van der Waals surface area contributed by atoms with Crippen LogP contribution in [0, 0.1) is 0 Å². The molecule has 2 heterocycles. The van der Waals surface area contributed by atoms with Gasteiger partial charge in [-0.1, -0.05) is 12.1 Å². The fourth-order valence-electron chi connectivity index (χ4n) is 4.26. The molecule has 1 aliphatic carbocycles. The van der Waals surface area contributed by atoms with Crippen molar-refractivity contribution in [2.45, 2.75) is 38.0 Å². The lowest BCUT2D eigenvalue weighted by molar-refractivity contribution is 0.178. The Morgan fingerprint density at radius 1 is 1.29 bits per heavy atom. The minimum absolute atomic E-state index is 0.150. The second-order valence-electron chi connectivity index (χ2n) is 7.99. The molecule has 164 valence electrons. The summed E-state index contributed by atoms with van der Waals surface area (Å²) in [6, 6.07) is 6.14. The predicted molar refractivity (Wildman–Crippen MR) is 118 cm³/mol. The van der Waals surface area contributed by atoms with E-state index in [4.69, 9.17) is 4.65 Å². The summed E-state index contributed by atoms with van der Waals surface area (Å²) in [5.41, 5.74) is 3.66. The quantitative estimate of drug-likeness (QED) is 0.613. The highest BCUT2D eigenvalue weighted by Gasteiger charge is 2.26. The Labute approximate surface area is 180 Å². The fourth-order valence-corrected chi connectivity index (χ4v) is 4.65. The lowest BCUT2D eigenvalue weighted by Gasteiger charge is -2.26. The number of fused-ring (bicyclic) bond motifs is 1. The van der Waals surface area contributed by atoms with Gasteiger partial charge in [-0.15, -0.1) is 0 Å². The van der Waals surface area contributed by atoms with Crippen LogP contribution in [0.2, 0.25) is 6.32 Å². The number of hydrogen-bond donors (Lipinski definition) is 3. The molecule has 4 rings (SSSR count). The minimum Gasteiger partial charge on any atom is -0.427 e. The molecule has 11 heteroatoms. The summed E-state index contributed by atoms with van der Waals surface area (Å²) >= 11 is 0. The number of benzene rings is 1. The monoisotopic (exact) mass is 445 g/mol. The van der Waals surface area contributed by atoms with Crippen LogP contribution >= 0.6 is 0 Å². The summed E-state index contributed by atoms with van der Waals surface area (Å²) in [7, 11) is -4.50. The summed E-state index contributed by atoms with van der Waals surface area (Å²) in [6.07, 6.45) is 6.29. The fraction of sp³-hybridized carbons (Fsp3) is 0.400. The number of urea groups is 1. The molecule has 1 atom stereocenters. The maximum Gasteiger partial charge on any atom is 0.454 e. The molecule has 31 heavy (non-hydrogen) atoms. The van der Waals surface area contributed by atoms with E-state index in [9.17, 15) is 23.0 Å². The van der Waals surface area contributed by atoms with Gasteiger partial charge >= 0.3 is 13.1 Å². The van der Waals surface area contributed by atoms with E-state index in [0.29, 0.717) is 29.6 Å². The van der Waals surface area contributed by atoms with Crippen molar-refractivity contribution in [2.24, 2.45) is 0 Å². The van der Waals surface area contributed by atoms with Crippen LogP contribution in [0.5, 0.6) is 0 Å². The summed E-state index contributed by atoms with van der Waals surface area (Å²) in [4.78, 5) is 25.1.